The summed E-state index contributed by atoms with van der Waals surface area (Å²) in [4.78, 5) is -0.312. The molecule has 0 saturated heterocycles. The average Bonchev–Trinajstić information content (AvgIpc) is 2.25. The van der Waals surface area contributed by atoms with Gasteiger partial charge in [0.15, 0.2) is 0 Å². The molecule has 0 aliphatic rings. The van der Waals surface area contributed by atoms with Gasteiger partial charge in [0.2, 0.25) is 10.0 Å². The number of sulfonamides is 1. The third kappa shape index (κ3) is 2.51. The maximum absolute atomic E-state index is 11.1. The van der Waals surface area contributed by atoms with Crippen molar-refractivity contribution in [3.05, 3.63) is 36.4 Å². The molecule has 18 heavy (non-hydrogen) atoms. The van der Waals surface area contributed by atoms with Gasteiger partial charge in [-0.3, -0.25) is 4.55 Å². The van der Waals surface area contributed by atoms with E-state index in [1.54, 1.807) is 0 Å². The molecule has 0 heterocycles. The number of hydrogen-bond acceptors (Lipinski definition) is 4. The molecule has 0 amide bonds. The lowest BCUT2D eigenvalue weighted by Gasteiger charge is -2.03. The largest absolute Gasteiger partial charge is 0.294 e. The minimum Gasteiger partial charge on any atom is -0.282 e. The highest BCUT2D eigenvalue weighted by Crippen LogP contribution is 2.21. The minimum atomic E-state index is -4.28. The Labute approximate surface area is 104 Å². The minimum absolute atomic E-state index is 0.0606. The summed E-state index contributed by atoms with van der Waals surface area (Å²) in [7, 11) is -8.08. The van der Waals surface area contributed by atoms with E-state index in [2.05, 4.69) is 0 Å². The van der Waals surface area contributed by atoms with Crippen LogP contribution in [0.15, 0.2) is 46.2 Å². The fourth-order valence-corrected chi connectivity index (χ4v) is 2.60. The monoisotopic (exact) mass is 287 g/mol. The molecule has 0 aliphatic carbocycles. The summed E-state index contributed by atoms with van der Waals surface area (Å²) in [5, 5.41) is 5.98. The molecule has 0 aromatic heterocycles. The van der Waals surface area contributed by atoms with Crippen LogP contribution in [0.3, 0.4) is 0 Å². The quantitative estimate of drug-likeness (QED) is 0.790. The lowest BCUT2D eigenvalue weighted by atomic mass is 10.1. The predicted molar refractivity (Wildman–Crippen MR) is 65.1 cm³/mol. The summed E-state index contributed by atoms with van der Waals surface area (Å²) in [6, 6.07) is 7.85. The highest BCUT2D eigenvalue weighted by Gasteiger charge is 2.12. The fraction of sp³-hybridized carbons (Fsp3) is 0. The number of rotatable bonds is 2. The molecule has 2 rings (SSSR count). The van der Waals surface area contributed by atoms with Crippen LogP contribution < -0.4 is 5.14 Å². The zero-order chi connectivity index (χ0) is 13.6. The van der Waals surface area contributed by atoms with Gasteiger partial charge in [-0.2, -0.15) is 8.42 Å². The molecule has 8 heteroatoms. The molecule has 6 nitrogen and oxygen atoms in total. The van der Waals surface area contributed by atoms with Crippen LogP contribution >= 0.6 is 0 Å². The number of nitrogens with two attached hydrogens (primary N) is 1. The van der Waals surface area contributed by atoms with E-state index < -0.39 is 20.1 Å². The molecule has 0 spiro atoms. The Balaban J connectivity index is 2.70. The van der Waals surface area contributed by atoms with E-state index in [0.717, 1.165) is 0 Å². The van der Waals surface area contributed by atoms with Gasteiger partial charge >= 0.3 is 0 Å². The van der Waals surface area contributed by atoms with E-state index >= 15 is 0 Å². The summed E-state index contributed by atoms with van der Waals surface area (Å²) in [6.07, 6.45) is 0. The second kappa shape index (κ2) is 4.02. The first-order chi connectivity index (χ1) is 8.18. The number of primary sulfonamides is 1. The maximum Gasteiger partial charge on any atom is 0.294 e. The van der Waals surface area contributed by atoms with E-state index in [1.807, 2.05) is 0 Å². The summed E-state index contributed by atoms with van der Waals surface area (Å²) in [6.45, 7) is 0. The Bertz CT molecular complexity index is 753. The molecular formula is C10H9NO5S2. The highest BCUT2D eigenvalue weighted by atomic mass is 32.2. The van der Waals surface area contributed by atoms with Crippen LogP contribution in [-0.2, 0) is 20.1 Å². The molecule has 96 valence electrons. The molecule has 0 bridgehead atoms. The van der Waals surface area contributed by atoms with Crippen LogP contribution in [0.5, 0.6) is 0 Å². The van der Waals surface area contributed by atoms with Gasteiger partial charge in [-0.25, -0.2) is 13.6 Å². The van der Waals surface area contributed by atoms with Gasteiger partial charge in [0.1, 0.15) is 0 Å². The number of benzene rings is 2. The Hall–Kier alpha value is -1.48. The smallest absolute Gasteiger partial charge is 0.282 e. The van der Waals surface area contributed by atoms with Crippen LogP contribution in [0, 0.1) is 0 Å². The second-order valence-corrected chi connectivity index (χ2v) is 6.67. The van der Waals surface area contributed by atoms with Crippen molar-refractivity contribution in [1.82, 2.24) is 0 Å². The third-order valence-corrected chi connectivity index (χ3v) is 4.17. The molecular weight excluding hydrogens is 278 g/mol. The third-order valence-electron chi connectivity index (χ3n) is 2.41. The Morgan fingerprint density at radius 3 is 1.72 bits per heavy atom. The fourth-order valence-electron chi connectivity index (χ4n) is 1.54. The van der Waals surface area contributed by atoms with Crippen molar-refractivity contribution in [3.63, 3.8) is 0 Å². The summed E-state index contributed by atoms with van der Waals surface area (Å²) >= 11 is 0. The van der Waals surface area contributed by atoms with E-state index in [4.69, 9.17) is 9.69 Å². The summed E-state index contributed by atoms with van der Waals surface area (Å²) < 4.78 is 53.1. The molecule has 0 radical (unpaired) electrons. The van der Waals surface area contributed by atoms with Crippen LogP contribution in [0.4, 0.5) is 0 Å². The van der Waals surface area contributed by atoms with Crippen LogP contribution in [0.25, 0.3) is 10.8 Å². The predicted octanol–water partition coefficient (Wildman–Crippen LogP) is 0.734. The Morgan fingerprint density at radius 1 is 0.833 bits per heavy atom. The van der Waals surface area contributed by atoms with Crippen molar-refractivity contribution in [2.75, 3.05) is 0 Å². The lowest BCUT2D eigenvalue weighted by Crippen LogP contribution is -2.11. The topological polar surface area (TPSA) is 115 Å². The van der Waals surface area contributed by atoms with Gasteiger partial charge in [-0.05, 0) is 35.0 Å². The number of fused-ring (bicyclic) bond motifs is 1. The molecule has 3 N–H and O–H groups in total. The number of hydrogen-bond donors (Lipinski definition) is 2. The Kier molecular flexibility index (Phi) is 2.90. The first-order valence-corrected chi connectivity index (χ1v) is 7.71. The van der Waals surface area contributed by atoms with Gasteiger partial charge in [0, 0.05) is 0 Å². The first-order valence-electron chi connectivity index (χ1n) is 4.72. The average molecular weight is 287 g/mol. The molecule has 2 aromatic carbocycles. The van der Waals surface area contributed by atoms with Gasteiger partial charge in [0.25, 0.3) is 10.1 Å². The molecule has 2 aromatic rings. The summed E-state index contributed by atoms with van der Waals surface area (Å²) in [5.41, 5.74) is 0. The van der Waals surface area contributed by atoms with Crippen molar-refractivity contribution < 1.29 is 21.4 Å². The van der Waals surface area contributed by atoms with Crippen molar-refractivity contribution >= 4 is 30.9 Å². The lowest BCUT2D eigenvalue weighted by molar-refractivity contribution is 0.483. The van der Waals surface area contributed by atoms with E-state index in [-0.39, 0.29) is 9.79 Å². The standard InChI is InChI=1S/C10H9NO5S2/c11-17(12,13)9-3-1-8-6-10(18(14,15)16)4-2-7(8)5-9/h1-6H,(H2,11,12,13)(H,14,15,16). The molecule has 0 fully saturated rings. The van der Waals surface area contributed by atoms with Crippen molar-refractivity contribution in [2.24, 2.45) is 5.14 Å². The van der Waals surface area contributed by atoms with Crippen LogP contribution in [-0.4, -0.2) is 21.4 Å². The van der Waals surface area contributed by atoms with Crippen molar-refractivity contribution in [2.45, 2.75) is 9.79 Å². The van der Waals surface area contributed by atoms with Gasteiger partial charge in [-0.15, -0.1) is 0 Å². The van der Waals surface area contributed by atoms with Gasteiger partial charge in [0.05, 0.1) is 9.79 Å². The Morgan fingerprint density at radius 2 is 1.28 bits per heavy atom. The molecule has 0 unspecified atom stereocenters. The zero-order valence-electron chi connectivity index (χ0n) is 8.94. The molecule has 0 aliphatic heterocycles. The van der Waals surface area contributed by atoms with E-state index in [9.17, 15) is 16.8 Å². The van der Waals surface area contributed by atoms with Gasteiger partial charge < -0.3 is 0 Å². The van der Waals surface area contributed by atoms with Gasteiger partial charge in [-0.1, -0.05) is 12.1 Å². The van der Waals surface area contributed by atoms with E-state index in [0.29, 0.717) is 10.8 Å². The van der Waals surface area contributed by atoms with E-state index in [1.165, 1.54) is 36.4 Å². The maximum atomic E-state index is 11.1. The molecule has 0 atom stereocenters. The normalized spacial score (nSPS) is 12.8. The van der Waals surface area contributed by atoms with Crippen LogP contribution in [0.1, 0.15) is 0 Å². The first kappa shape index (κ1) is 13.0. The molecule has 0 saturated carbocycles. The highest BCUT2D eigenvalue weighted by molar-refractivity contribution is 7.89. The van der Waals surface area contributed by atoms with Crippen LogP contribution in [0.2, 0.25) is 0 Å². The zero-order valence-corrected chi connectivity index (χ0v) is 10.6. The second-order valence-electron chi connectivity index (χ2n) is 3.69. The van der Waals surface area contributed by atoms with Crippen molar-refractivity contribution in [1.29, 1.82) is 0 Å². The van der Waals surface area contributed by atoms with Crippen molar-refractivity contribution in [3.8, 4) is 0 Å². The SMILES string of the molecule is NS(=O)(=O)c1ccc2cc(S(=O)(=O)O)ccc2c1. The summed E-state index contributed by atoms with van der Waals surface area (Å²) in [5.74, 6) is 0.